The van der Waals surface area contributed by atoms with Crippen LogP contribution in [0.4, 0.5) is 0 Å². The minimum Gasteiger partial charge on any atom is -0.383 e. The van der Waals surface area contributed by atoms with Gasteiger partial charge in [0.15, 0.2) is 0 Å². The van der Waals surface area contributed by atoms with E-state index in [4.69, 9.17) is 11.8 Å². The first-order valence-corrected chi connectivity index (χ1v) is 11.3. The summed E-state index contributed by atoms with van der Waals surface area (Å²) in [5.74, 6) is -0.372. The molecule has 1 aromatic rings. The summed E-state index contributed by atoms with van der Waals surface area (Å²) >= 11 is 6.27. The van der Waals surface area contributed by atoms with Gasteiger partial charge < -0.3 is 5.11 Å². The summed E-state index contributed by atoms with van der Waals surface area (Å²) in [4.78, 5) is 0. The van der Waals surface area contributed by atoms with E-state index in [1.807, 2.05) is 0 Å². The molecule has 1 aromatic carbocycles. The van der Waals surface area contributed by atoms with Crippen LogP contribution in [0.25, 0.3) is 0 Å². The lowest BCUT2D eigenvalue weighted by Crippen LogP contribution is -2.32. The second-order valence-electron chi connectivity index (χ2n) is 7.12. The standard InChI is InChI=1S/C18H27OPS/c1-12-10-13(2)17(14(3)11-12)18(19)20(21)15-6-4-7-16(20)9-5-8-15/h10-11,15-16,18-19H,4-9H2,1-3H3. The lowest BCUT2D eigenvalue weighted by Gasteiger charge is -2.48. The van der Waals surface area contributed by atoms with Crippen molar-refractivity contribution in [2.45, 2.75) is 76.5 Å². The summed E-state index contributed by atoms with van der Waals surface area (Å²) in [5, 5.41) is 11.3. The number of hydrogen-bond acceptors (Lipinski definition) is 2. The summed E-state index contributed by atoms with van der Waals surface area (Å²) in [7, 11) is 0. The van der Waals surface area contributed by atoms with E-state index in [1.165, 1.54) is 55.2 Å². The normalized spacial score (nSPS) is 33.7. The van der Waals surface area contributed by atoms with E-state index in [9.17, 15) is 5.11 Å². The molecule has 1 unspecified atom stereocenters. The zero-order valence-corrected chi connectivity index (χ0v) is 15.1. The van der Waals surface area contributed by atoms with Crippen molar-refractivity contribution in [2.24, 2.45) is 0 Å². The number of fused-ring (bicyclic) bond motifs is 2. The Bertz CT molecular complexity index is 546. The molecule has 1 atom stereocenters. The molecule has 2 heterocycles. The molecule has 0 aliphatic carbocycles. The van der Waals surface area contributed by atoms with Gasteiger partial charge in [0.05, 0.1) is 0 Å². The molecule has 0 amide bonds. The maximum Gasteiger partial charge on any atom is 0.108 e. The predicted molar refractivity (Wildman–Crippen MR) is 95.2 cm³/mol. The van der Waals surface area contributed by atoms with E-state index >= 15 is 0 Å². The lowest BCUT2D eigenvalue weighted by atomic mass is 9.98. The largest absolute Gasteiger partial charge is 0.383 e. The maximum absolute atomic E-state index is 11.3. The van der Waals surface area contributed by atoms with Gasteiger partial charge in [-0.2, -0.15) is 0 Å². The summed E-state index contributed by atoms with van der Waals surface area (Å²) in [6.45, 7) is 6.41. The number of aliphatic hydroxyl groups is 1. The topological polar surface area (TPSA) is 20.2 Å². The molecule has 2 aliphatic rings. The van der Waals surface area contributed by atoms with Crippen LogP contribution in [0.15, 0.2) is 12.1 Å². The predicted octanol–water partition coefficient (Wildman–Crippen LogP) is 5.19. The van der Waals surface area contributed by atoms with E-state index < -0.39 is 6.04 Å². The Balaban J connectivity index is 2.05. The Morgan fingerprint density at radius 2 is 1.43 bits per heavy atom. The number of aliphatic hydroxyl groups excluding tert-OH is 1. The molecule has 0 radical (unpaired) electrons. The van der Waals surface area contributed by atoms with Crippen LogP contribution < -0.4 is 0 Å². The van der Waals surface area contributed by atoms with Gasteiger partial charge in [-0.15, -0.1) is 0 Å². The molecule has 1 nitrogen and oxygen atoms in total. The van der Waals surface area contributed by atoms with E-state index in [0.29, 0.717) is 11.3 Å². The summed E-state index contributed by atoms with van der Waals surface area (Å²) in [6.07, 6.45) is 7.69. The first kappa shape index (κ1) is 15.7. The van der Waals surface area contributed by atoms with Gasteiger partial charge in [-0.3, -0.25) is 0 Å². The van der Waals surface area contributed by atoms with E-state index in [1.54, 1.807) is 0 Å². The molecule has 0 spiro atoms. The van der Waals surface area contributed by atoms with Crippen molar-refractivity contribution in [3.63, 3.8) is 0 Å². The number of hydrogen-bond donors (Lipinski definition) is 1. The zero-order chi connectivity index (χ0) is 15.2. The lowest BCUT2D eigenvalue weighted by molar-refractivity contribution is 0.252. The molecule has 3 heteroatoms. The van der Waals surface area contributed by atoms with Crippen molar-refractivity contribution in [3.05, 3.63) is 34.4 Å². The van der Waals surface area contributed by atoms with Crippen LogP contribution in [0, 0.1) is 20.8 Å². The van der Waals surface area contributed by atoms with Crippen LogP contribution >= 0.6 is 6.04 Å². The van der Waals surface area contributed by atoms with Gasteiger partial charge in [-0.05, 0) is 80.5 Å². The third kappa shape index (κ3) is 2.54. The molecule has 0 aromatic heterocycles. The van der Waals surface area contributed by atoms with Crippen molar-refractivity contribution in [1.29, 1.82) is 0 Å². The van der Waals surface area contributed by atoms with E-state index in [0.717, 1.165) is 5.56 Å². The van der Waals surface area contributed by atoms with Gasteiger partial charge in [0.2, 0.25) is 0 Å². The molecule has 3 rings (SSSR count). The minimum absolute atomic E-state index is 0.372. The second kappa shape index (κ2) is 5.80. The Morgan fingerprint density at radius 3 is 1.86 bits per heavy atom. The maximum atomic E-state index is 11.3. The zero-order valence-electron chi connectivity index (χ0n) is 13.4. The van der Waals surface area contributed by atoms with Gasteiger partial charge in [-0.1, -0.05) is 42.3 Å². The van der Waals surface area contributed by atoms with Crippen molar-refractivity contribution in [3.8, 4) is 0 Å². The number of aryl methyl sites for hydroxylation is 3. The van der Waals surface area contributed by atoms with Crippen LogP contribution in [-0.4, -0.2) is 16.4 Å². The quantitative estimate of drug-likeness (QED) is 0.756. The van der Waals surface area contributed by atoms with Crippen LogP contribution in [0.5, 0.6) is 0 Å². The second-order valence-corrected chi connectivity index (χ2v) is 12.5. The smallest absolute Gasteiger partial charge is 0.108 e. The SMILES string of the molecule is Cc1cc(C)c(C(O)P2(=S)C3CCCC2CCC3)c(C)c1. The first-order chi connectivity index (χ1) is 9.94. The highest BCUT2D eigenvalue weighted by Gasteiger charge is 2.46. The molecule has 21 heavy (non-hydrogen) atoms. The monoisotopic (exact) mass is 322 g/mol. The fourth-order valence-corrected chi connectivity index (χ4v) is 10.9. The van der Waals surface area contributed by atoms with Gasteiger partial charge in [0.1, 0.15) is 5.85 Å². The summed E-state index contributed by atoms with van der Waals surface area (Å²) in [6, 6.07) is 2.68. The van der Waals surface area contributed by atoms with Crippen molar-refractivity contribution >= 4 is 17.8 Å². The number of rotatable bonds is 2. The van der Waals surface area contributed by atoms with Crippen LogP contribution in [-0.2, 0) is 11.8 Å². The van der Waals surface area contributed by atoms with Crippen molar-refractivity contribution < 1.29 is 5.11 Å². The Kier molecular flexibility index (Phi) is 4.34. The third-order valence-corrected chi connectivity index (χ3v) is 12.4. The first-order valence-electron chi connectivity index (χ1n) is 8.29. The average Bonchev–Trinajstić information content (AvgIpc) is 2.36. The molecule has 116 valence electrons. The summed E-state index contributed by atoms with van der Waals surface area (Å²) < 4.78 is 0. The van der Waals surface area contributed by atoms with Gasteiger partial charge in [0, 0.05) is 0 Å². The molecule has 2 saturated heterocycles. The van der Waals surface area contributed by atoms with Crippen LogP contribution in [0.2, 0.25) is 0 Å². The average molecular weight is 322 g/mol. The van der Waals surface area contributed by atoms with Gasteiger partial charge in [0.25, 0.3) is 0 Å². The highest BCUT2D eigenvalue weighted by molar-refractivity contribution is 8.15. The molecule has 2 aliphatic heterocycles. The Labute approximate surface area is 134 Å². The molecular weight excluding hydrogens is 295 g/mol. The van der Waals surface area contributed by atoms with E-state index in [2.05, 4.69) is 32.9 Å². The summed E-state index contributed by atoms with van der Waals surface area (Å²) in [5.41, 5.74) is 6.16. The number of benzene rings is 1. The van der Waals surface area contributed by atoms with Gasteiger partial charge in [-0.25, -0.2) is 0 Å². The highest BCUT2D eigenvalue weighted by atomic mass is 32.4. The minimum atomic E-state index is -1.72. The Morgan fingerprint density at radius 1 is 1.00 bits per heavy atom. The third-order valence-electron chi connectivity index (χ3n) is 5.67. The fourth-order valence-electron chi connectivity index (χ4n) is 4.77. The fraction of sp³-hybridized carbons (Fsp3) is 0.667. The van der Waals surface area contributed by atoms with E-state index in [-0.39, 0.29) is 5.85 Å². The Hall–Kier alpha value is -0.170. The molecule has 0 saturated carbocycles. The van der Waals surface area contributed by atoms with Crippen LogP contribution in [0.1, 0.15) is 66.6 Å². The van der Waals surface area contributed by atoms with Crippen molar-refractivity contribution in [1.82, 2.24) is 0 Å². The molecule has 2 fully saturated rings. The molecule has 2 bridgehead atoms. The van der Waals surface area contributed by atoms with Gasteiger partial charge >= 0.3 is 0 Å². The molecule has 1 N–H and O–H groups in total. The van der Waals surface area contributed by atoms with Crippen LogP contribution in [0.3, 0.4) is 0 Å². The van der Waals surface area contributed by atoms with Crippen molar-refractivity contribution in [2.75, 3.05) is 0 Å². The molecular formula is C18H27OPS. The highest BCUT2D eigenvalue weighted by Crippen LogP contribution is 2.73.